The van der Waals surface area contributed by atoms with Crippen molar-refractivity contribution in [3.05, 3.63) is 65.7 Å². The van der Waals surface area contributed by atoms with Crippen LogP contribution in [0.15, 0.2) is 54.6 Å². The first kappa shape index (κ1) is 15.5. The predicted molar refractivity (Wildman–Crippen MR) is 76.7 cm³/mol. The fourth-order valence-corrected chi connectivity index (χ4v) is 1.59. The highest BCUT2D eigenvalue weighted by molar-refractivity contribution is 5.89. The summed E-state index contributed by atoms with van der Waals surface area (Å²) < 4.78 is 15.1. The first-order valence-corrected chi connectivity index (χ1v) is 6.43. The van der Waals surface area contributed by atoms with Gasteiger partial charge in [0.25, 0.3) is 0 Å². The molecular formula is C16H14O6. The van der Waals surface area contributed by atoms with Crippen LogP contribution in [0.2, 0.25) is 0 Å². The molecule has 0 amide bonds. The van der Waals surface area contributed by atoms with Crippen LogP contribution in [0.5, 0.6) is 5.75 Å². The highest BCUT2D eigenvalue weighted by atomic mass is 16.7. The average Bonchev–Trinajstić information content (AvgIpc) is 2.55. The Balaban J connectivity index is 1.67. The third-order valence-corrected chi connectivity index (χ3v) is 2.69. The fraction of sp³-hybridized carbons (Fsp3) is 0.125. The number of benzene rings is 2. The third-order valence-electron chi connectivity index (χ3n) is 2.69. The Labute approximate surface area is 126 Å². The van der Waals surface area contributed by atoms with Gasteiger partial charge in [0.1, 0.15) is 5.75 Å². The summed E-state index contributed by atoms with van der Waals surface area (Å²) in [6.45, 7) is -0.352. The average molecular weight is 302 g/mol. The van der Waals surface area contributed by atoms with Gasteiger partial charge >= 0.3 is 11.9 Å². The van der Waals surface area contributed by atoms with Crippen molar-refractivity contribution in [2.45, 2.75) is 0 Å². The van der Waals surface area contributed by atoms with Gasteiger partial charge in [-0.1, -0.05) is 18.2 Å². The van der Waals surface area contributed by atoms with Crippen LogP contribution in [-0.2, 0) is 9.47 Å². The van der Waals surface area contributed by atoms with Crippen LogP contribution < -0.4 is 4.74 Å². The summed E-state index contributed by atoms with van der Waals surface area (Å²) in [5.41, 5.74) is 0.612. The Morgan fingerprint density at radius 3 is 2.18 bits per heavy atom. The van der Waals surface area contributed by atoms with E-state index in [1.54, 1.807) is 30.3 Å². The van der Waals surface area contributed by atoms with Crippen LogP contribution in [0.3, 0.4) is 0 Å². The SMILES string of the molecule is O=C(O)c1ccc(OCOCOC(=O)c2ccccc2)cc1. The summed E-state index contributed by atoms with van der Waals surface area (Å²) in [5.74, 6) is -1.03. The molecule has 0 saturated heterocycles. The largest absolute Gasteiger partial charge is 0.478 e. The molecule has 0 atom stereocenters. The minimum atomic E-state index is -1.00. The van der Waals surface area contributed by atoms with E-state index in [9.17, 15) is 9.59 Å². The maximum Gasteiger partial charge on any atom is 0.340 e. The maximum absolute atomic E-state index is 11.6. The van der Waals surface area contributed by atoms with Crippen LogP contribution in [0, 0.1) is 0 Å². The van der Waals surface area contributed by atoms with E-state index in [0.29, 0.717) is 11.3 Å². The van der Waals surface area contributed by atoms with Crippen molar-refractivity contribution < 1.29 is 28.9 Å². The molecule has 0 bridgehead atoms. The van der Waals surface area contributed by atoms with Gasteiger partial charge in [0.15, 0.2) is 13.6 Å². The van der Waals surface area contributed by atoms with E-state index >= 15 is 0 Å². The number of esters is 1. The lowest BCUT2D eigenvalue weighted by Crippen LogP contribution is -2.11. The van der Waals surface area contributed by atoms with E-state index < -0.39 is 11.9 Å². The van der Waals surface area contributed by atoms with Crippen LogP contribution in [0.25, 0.3) is 0 Å². The van der Waals surface area contributed by atoms with Crippen molar-refractivity contribution in [1.82, 2.24) is 0 Å². The molecule has 0 fully saturated rings. The molecule has 1 N–H and O–H groups in total. The third kappa shape index (κ3) is 4.60. The summed E-state index contributed by atoms with van der Waals surface area (Å²) in [7, 11) is 0. The number of carboxylic acid groups (broad SMARTS) is 1. The Morgan fingerprint density at radius 1 is 0.864 bits per heavy atom. The number of hydrogen-bond acceptors (Lipinski definition) is 5. The number of carbonyl (C=O) groups excluding carboxylic acids is 1. The lowest BCUT2D eigenvalue weighted by atomic mass is 10.2. The lowest BCUT2D eigenvalue weighted by molar-refractivity contribution is -0.0768. The molecule has 6 nitrogen and oxygen atoms in total. The van der Waals surface area contributed by atoms with E-state index in [-0.39, 0.29) is 19.1 Å². The van der Waals surface area contributed by atoms with Crippen molar-refractivity contribution >= 4 is 11.9 Å². The van der Waals surface area contributed by atoms with Crippen LogP contribution in [0.1, 0.15) is 20.7 Å². The number of carboxylic acids is 1. The molecule has 0 aliphatic heterocycles. The number of rotatable bonds is 7. The molecule has 0 unspecified atom stereocenters. The van der Waals surface area contributed by atoms with Gasteiger partial charge in [-0.2, -0.15) is 0 Å². The van der Waals surface area contributed by atoms with Crippen molar-refractivity contribution in [3.63, 3.8) is 0 Å². The summed E-state index contributed by atoms with van der Waals surface area (Å²) in [5, 5.41) is 8.75. The van der Waals surface area contributed by atoms with Gasteiger partial charge in [-0.05, 0) is 36.4 Å². The zero-order valence-corrected chi connectivity index (χ0v) is 11.6. The molecule has 6 heteroatoms. The summed E-state index contributed by atoms with van der Waals surface area (Å²) >= 11 is 0. The van der Waals surface area contributed by atoms with Gasteiger partial charge in [-0.3, -0.25) is 0 Å². The Hall–Kier alpha value is -2.86. The highest BCUT2D eigenvalue weighted by Crippen LogP contribution is 2.12. The molecule has 0 heterocycles. The molecule has 0 aromatic heterocycles. The Morgan fingerprint density at radius 2 is 1.55 bits per heavy atom. The molecule has 0 saturated carbocycles. The van der Waals surface area contributed by atoms with E-state index in [1.807, 2.05) is 0 Å². The Kier molecular flexibility index (Phi) is 5.50. The molecule has 114 valence electrons. The summed E-state index contributed by atoms with van der Waals surface area (Å²) in [6.07, 6.45) is 0. The molecule has 0 spiro atoms. The molecule has 2 aromatic carbocycles. The first-order chi connectivity index (χ1) is 10.7. The van der Waals surface area contributed by atoms with Crippen molar-refractivity contribution in [1.29, 1.82) is 0 Å². The van der Waals surface area contributed by atoms with Gasteiger partial charge in [-0.25, -0.2) is 9.59 Å². The quantitative estimate of drug-likeness (QED) is 0.481. The standard InChI is InChI=1S/C16H14O6/c17-15(18)12-6-8-14(9-7-12)21-10-20-11-22-16(19)13-4-2-1-3-5-13/h1-9H,10-11H2,(H,17,18). The minimum absolute atomic E-state index is 0.117. The molecule has 0 aliphatic rings. The van der Waals surface area contributed by atoms with Crippen molar-refractivity contribution in [3.8, 4) is 5.75 Å². The Bertz CT molecular complexity index is 621. The van der Waals surface area contributed by atoms with Crippen molar-refractivity contribution in [2.75, 3.05) is 13.6 Å². The van der Waals surface area contributed by atoms with Gasteiger partial charge in [-0.15, -0.1) is 0 Å². The molecule has 22 heavy (non-hydrogen) atoms. The zero-order valence-electron chi connectivity index (χ0n) is 11.6. The van der Waals surface area contributed by atoms with Crippen molar-refractivity contribution in [2.24, 2.45) is 0 Å². The van der Waals surface area contributed by atoms with Crippen LogP contribution >= 0.6 is 0 Å². The monoisotopic (exact) mass is 302 g/mol. The number of aromatic carboxylic acids is 1. The van der Waals surface area contributed by atoms with E-state index in [4.69, 9.17) is 19.3 Å². The second-order valence-corrected chi connectivity index (χ2v) is 4.21. The smallest absolute Gasteiger partial charge is 0.340 e. The molecule has 2 aromatic rings. The molecule has 2 rings (SSSR count). The lowest BCUT2D eigenvalue weighted by Gasteiger charge is -2.08. The number of hydrogen-bond donors (Lipinski definition) is 1. The van der Waals surface area contributed by atoms with E-state index in [1.165, 1.54) is 24.3 Å². The second-order valence-electron chi connectivity index (χ2n) is 4.21. The van der Waals surface area contributed by atoms with E-state index in [2.05, 4.69) is 0 Å². The normalized spacial score (nSPS) is 10.0. The minimum Gasteiger partial charge on any atom is -0.478 e. The van der Waals surface area contributed by atoms with Crippen LogP contribution in [0.4, 0.5) is 0 Å². The molecule has 0 aliphatic carbocycles. The molecule has 0 radical (unpaired) electrons. The second kappa shape index (κ2) is 7.80. The van der Waals surface area contributed by atoms with Gasteiger partial charge in [0, 0.05) is 0 Å². The van der Waals surface area contributed by atoms with Gasteiger partial charge < -0.3 is 19.3 Å². The predicted octanol–water partition coefficient (Wildman–Crippen LogP) is 2.55. The van der Waals surface area contributed by atoms with Gasteiger partial charge in [0.05, 0.1) is 11.1 Å². The number of ether oxygens (including phenoxy) is 3. The van der Waals surface area contributed by atoms with Gasteiger partial charge in [0.2, 0.25) is 0 Å². The first-order valence-electron chi connectivity index (χ1n) is 6.43. The topological polar surface area (TPSA) is 82.1 Å². The number of carbonyl (C=O) groups is 2. The molecular weight excluding hydrogens is 288 g/mol. The summed E-state index contributed by atoms with van der Waals surface area (Å²) in [4.78, 5) is 22.3. The zero-order chi connectivity index (χ0) is 15.8. The fourth-order valence-electron chi connectivity index (χ4n) is 1.59. The highest BCUT2D eigenvalue weighted by Gasteiger charge is 2.05. The maximum atomic E-state index is 11.6. The van der Waals surface area contributed by atoms with E-state index in [0.717, 1.165) is 0 Å². The van der Waals surface area contributed by atoms with Crippen LogP contribution in [-0.4, -0.2) is 30.6 Å². The summed E-state index contributed by atoms with van der Waals surface area (Å²) in [6, 6.07) is 14.4.